The van der Waals surface area contributed by atoms with E-state index in [1.807, 2.05) is 6.92 Å². The molecule has 0 saturated carbocycles. The third kappa shape index (κ3) is 5.19. The number of carbonyl (C=O) groups excluding carboxylic acids is 1. The maximum absolute atomic E-state index is 12.2. The van der Waals surface area contributed by atoms with Gasteiger partial charge in [-0.15, -0.1) is 0 Å². The van der Waals surface area contributed by atoms with Gasteiger partial charge in [-0.05, 0) is 24.6 Å². The van der Waals surface area contributed by atoms with Gasteiger partial charge in [-0.25, -0.2) is 13.1 Å². The van der Waals surface area contributed by atoms with Gasteiger partial charge in [-0.1, -0.05) is 17.9 Å². The monoisotopic (exact) mass is 310 g/mol. The normalized spacial score (nSPS) is 10.6. The van der Waals surface area contributed by atoms with E-state index in [1.54, 1.807) is 12.1 Å². The van der Waals surface area contributed by atoms with E-state index >= 15 is 0 Å². The maximum Gasteiger partial charge on any atom is 0.242 e. The van der Waals surface area contributed by atoms with Crippen molar-refractivity contribution < 1.29 is 18.3 Å². The standard InChI is InChI=1S/C14H18N2O4S/c1-11-6-7-13(12(9-11)5-3-4-8-17)21(19,20)16-10-14(18)15-2/h6-7,9,16-17H,4,8,10H2,1-2H3,(H,15,18). The molecule has 1 rings (SSSR count). The van der Waals surface area contributed by atoms with Gasteiger partial charge in [-0.3, -0.25) is 4.79 Å². The first-order valence-corrected chi connectivity index (χ1v) is 7.79. The van der Waals surface area contributed by atoms with Crippen molar-refractivity contribution in [3.05, 3.63) is 29.3 Å². The molecular formula is C14H18N2O4S. The summed E-state index contributed by atoms with van der Waals surface area (Å²) in [5.74, 6) is 5.00. The van der Waals surface area contributed by atoms with E-state index in [2.05, 4.69) is 21.9 Å². The highest BCUT2D eigenvalue weighted by Gasteiger charge is 2.18. The fourth-order valence-electron chi connectivity index (χ4n) is 1.52. The Kier molecular flexibility index (Phi) is 6.37. The Morgan fingerprint density at radius 1 is 1.38 bits per heavy atom. The summed E-state index contributed by atoms with van der Waals surface area (Å²) in [6, 6.07) is 4.76. The molecule has 0 aliphatic heterocycles. The number of likely N-dealkylation sites (N-methyl/N-ethyl adjacent to an activating group) is 1. The maximum atomic E-state index is 12.2. The lowest BCUT2D eigenvalue weighted by atomic mass is 10.1. The molecule has 0 radical (unpaired) electrons. The van der Waals surface area contributed by atoms with E-state index < -0.39 is 15.9 Å². The summed E-state index contributed by atoms with van der Waals surface area (Å²) < 4.78 is 26.6. The highest BCUT2D eigenvalue weighted by atomic mass is 32.2. The number of hydrogen-bond acceptors (Lipinski definition) is 4. The second-order valence-electron chi connectivity index (χ2n) is 4.27. The number of carbonyl (C=O) groups is 1. The topological polar surface area (TPSA) is 95.5 Å². The Morgan fingerprint density at radius 2 is 2.10 bits per heavy atom. The number of benzene rings is 1. The molecular weight excluding hydrogens is 292 g/mol. The highest BCUT2D eigenvalue weighted by molar-refractivity contribution is 7.89. The first-order valence-electron chi connectivity index (χ1n) is 6.31. The van der Waals surface area contributed by atoms with Gasteiger partial charge in [0.2, 0.25) is 15.9 Å². The first-order chi connectivity index (χ1) is 9.90. The molecule has 0 saturated heterocycles. The molecule has 0 unspecified atom stereocenters. The average Bonchev–Trinajstić information content (AvgIpc) is 2.45. The minimum Gasteiger partial charge on any atom is -0.395 e. The van der Waals surface area contributed by atoms with E-state index in [0.29, 0.717) is 5.56 Å². The van der Waals surface area contributed by atoms with Crippen LogP contribution in [0.3, 0.4) is 0 Å². The van der Waals surface area contributed by atoms with Crippen LogP contribution in [0.4, 0.5) is 0 Å². The van der Waals surface area contributed by atoms with Crippen molar-refractivity contribution in [3.63, 3.8) is 0 Å². The average molecular weight is 310 g/mol. The van der Waals surface area contributed by atoms with E-state index in [0.717, 1.165) is 5.56 Å². The van der Waals surface area contributed by atoms with Crippen molar-refractivity contribution >= 4 is 15.9 Å². The van der Waals surface area contributed by atoms with Crippen LogP contribution >= 0.6 is 0 Å². The molecule has 7 heteroatoms. The van der Waals surface area contributed by atoms with Gasteiger partial charge in [0.05, 0.1) is 18.0 Å². The lowest BCUT2D eigenvalue weighted by Gasteiger charge is -2.09. The van der Waals surface area contributed by atoms with Gasteiger partial charge in [-0.2, -0.15) is 0 Å². The van der Waals surface area contributed by atoms with Crippen LogP contribution in [0.5, 0.6) is 0 Å². The van der Waals surface area contributed by atoms with Crippen LogP contribution in [-0.4, -0.2) is 39.6 Å². The van der Waals surface area contributed by atoms with Gasteiger partial charge in [0, 0.05) is 19.0 Å². The fraction of sp³-hybridized carbons (Fsp3) is 0.357. The van der Waals surface area contributed by atoms with Crippen molar-refractivity contribution in [3.8, 4) is 11.8 Å². The summed E-state index contributed by atoms with van der Waals surface area (Å²) in [4.78, 5) is 11.2. The van der Waals surface area contributed by atoms with Crippen LogP contribution in [0, 0.1) is 18.8 Å². The SMILES string of the molecule is CNC(=O)CNS(=O)(=O)c1ccc(C)cc1C#CCCO. The molecule has 1 aromatic rings. The third-order valence-corrected chi connectivity index (χ3v) is 4.05. The molecule has 6 nitrogen and oxygen atoms in total. The molecule has 1 aromatic carbocycles. The number of sulfonamides is 1. The summed E-state index contributed by atoms with van der Waals surface area (Å²) in [6.07, 6.45) is 0.263. The Labute approximate surface area is 124 Å². The molecule has 114 valence electrons. The zero-order chi connectivity index (χ0) is 15.9. The minimum absolute atomic E-state index is 0.0162. The van der Waals surface area contributed by atoms with Gasteiger partial charge in [0.1, 0.15) is 0 Å². The lowest BCUT2D eigenvalue weighted by molar-refractivity contribution is -0.119. The highest BCUT2D eigenvalue weighted by Crippen LogP contribution is 2.16. The van der Waals surface area contributed by atoms with E-state index in [1.165, 1.54) is 13.1 Å². The summed E-state index contributed by atoms with van der Waals surface area (Å²) >= 11 is 0. The second-order valence-corrected chi connectivity index (χ2v) is 6.01. The Morgan fingerprint density at radius 3 is 2.71 bits per heavy atom. The van der Waals surface area contributed by atoms with Gasteiger partial charge in [0.25, 0.3) is 0 Å². The summed E-state index contributed by atoms with van der Waals surface area (Å²) in [6.45, 7) is 1.40. The molecule has 0 spiro atoms. The van der Waals surface area contributed by atoms with E-state index in [9.17, 15) is 13.2 Å². The molecule has 0 aromatic heterocycles. The molecule has 21 heavy (non-hydrogen) atoms. The number of aliphatic hydroxyl groups excluding tert-OH is 1. The van der Waals surface area contributed by atoms with Crippen LogP contribution < -0.4 is 10.0 Å². The Balaban J connectivity index is 3.11. The number of amides is 1. The molecule has 0 aliphatic rings. The van der Waals surface area contributed by atoms with Crippen molar-refractivity contribution in [2.45, 2.75) is 18.2 Å². The quantitative estimate of drug-likeness (QED) is 0.654. The van der Waals surface area contributed by atoms with Crippen LogP contribution in [0.2, 0.25) is 0 Å². The van der Waals surface area contributed by atoms with Crippen LogP contribution in [0.1, 0.15) is 17.5 Å². The van der Waals surface area contributed by atoms with Crippen molar-refractivity contribution in [2.24, 2.45) is 0 Å². The zero-order valence-electron chi connectivity index (χ0n) is 11.9. The molecule has 0 fully saturated rings. The van der Waals surface area contributed by atoms with Gasteiger partial charge >= 0.3 is 0 Å². The molecule has 0 aliphatic carbocycles. The summed E-state index contributed by atoms with van der Waals surface area (Å²) in [5.41, 5.74) is 1.21. The zero-order valence-corrected chi connectivity index (χ0v) is 12.8. The number of aliphatic hydroxyl groups is 1. The van der Waals surface area contributed by atoms with Crippen LogP contribution in [0.25, 0.3) is 0 Å². The molecule has 0 atom stereocenters. The molecule has 0 bridgehead atoms. The molecule has 3 N–H and O–H groups in total. The van der Waals surface area contributed by atoms with Gasteiger partial charge in [0.15, 0.2) is 0 Å². The van der Waals surface area contributed by atoms with Gasteiger partial charge < -0.3 is 10.4 Å². The minimum atomic E-state index is -3.83. The van der Waals surface area contributed by atoms with Crippen LogP contribution in [0.15, 0.2) is 23.1 Å². The largest absolute Gasteiger partial charge is 0.395 e. The Bertz CT molecular complexity index is 672. The second kappa shape index (κ2) is 7.78. The number of nitrogens with one attached hydrogen (secondary N) is 2. The predicted octanol–water partition coefficient (Wildman–Crippen LogP) is -0.247. The smallest absolute Gasteiger partial charge is 0.242 e. The molecule has 0 heterocycles. The summed E-state index contributed by atoms with van der Waals surface area (Å²) in [5, 5.41) is 11.1. The number of aryl methyl sites for hydroxylation is 1. The first kappa shape index (κ1) is 17.2. The fourth-order valence-corrected chi connectivity index (χ4v) is 2.64. The van der Waals surface area contributed by atoms with E-state index in [4.69, 9.17) is 5.11 Å². The Hall–Kier alpha value is -1.88. The predicted molar refractivity (Wildman–Crippen MR) is 79.0 cm³/mol. The lowest BCUT2D eigenvalue weighted by Crippen LogP contribution is -2.35. The van der Waals surface area contributed by atoms with Crippen molar-refractivity contribution in [1.82, 2.24) is 10.0 Å². The third-order valence-electron chi connectivity index (χ3n) is 2.59. The number of hydrogen-bond donors (Lipinski definition) is 3. The molecule has 1 amide bonds. The van der Waals surface area contributed by atoms with E-state index in [-0.39, 0.29) is 24.5 Å². The summed E-state index contributed by atoms with van der Waals surface area (Å²) in [7, 11) is -2.40. The number of rotatable bonds is 5. The van der Waals surface area contributed by atoms with Crippen molar-refractivity contribution in [2.75, 3.05) is 20.2 Å². The van der Waals surface area contributed by atoms with Crippen molar-refractivity contribution in [1.29, 1.82) is 0 Å². The van der Waals surface area contributed by atoms with Crippen LogP contribution in [-0.2, 0) is 14.8 Å².